The Bertz CT molecular complexity index is 1090. The van der Waals surface area contributed by atoms with Crippen LogP contribution in [0.2, 0.25) is 0 Å². The van der Waals surface area contributed by atoms with Crippen LogP contribution in [0.1, 0.15) is 54.4 Å². The van der Waals surface area contributed by atoms with Crippen LogP contribution in [-0.4, -0.2) is 50.4 Å². The van der Waals surface area contributed by atoms with E-state index in [2.05, 4.69) is 15.5 Å². The van der Waals surface area contributed by atoms with Gasteiger partial charge in [-0.25, -0.2) is 0 Å². The molecule has 0 bridgehead atoms. The molecule has 0 spiro atoms. The van der Waals surface area contributed by atoms with Crippen LogP contribution in [0.15, 0.2) is 48.7 Å². The predicted octanol–water partition coefficient (Wildman–Crippen LogP) is 3.20. The van der Waals surface area contributed by atoms with Crippen molar-refractivity contribution in [3.05, 3.63) is 65.6 Å². The molecule has 1 saturated heterocycles. The summed E-state index contributed by atoms with van der Waals surface area (Å²) in [5.41, 5.74) is 2.31. The normalized spacial score (nSPS) is 17.7. The minimum Gasteiger partial charge on any atom is -0.340 e. The molecule has 1 aromatic carbocycles. The molecule has 2 amide bonds. The molecule has 31 heavy (non-hydrogen) atoms. The van der Waals surface area contributed by atoms with Crippen LogP contribution in [0.3, 0.4) is 0 Å². The van der Waals surface area contributed by atoms with Gasteiger partial charge in [0.05, 0.1) is 0 Å². The molecule has 3 heterocycles. The lowest BCUT2D eigenvalue weighted by atomic mass is 9.94. The maximum absolute atomic E-state index is 13.4. The molecule has 2 aromatic heterocycles. The number of amides is 2. The Hall–Kier alpha value is -3.22. The van der Waals surface area contributed by atoms with Gasteiger partial charge in [-0.1, -0.05) is 38.1 Å². The highest BCUT2D eigenvalue weighted by Crippen LogP contribution is 2.27. The lowest BCUT2D eigenvalue weighted by Crippen LogP contribution is -2.53. The number of aryl methyl sites for hydroxylation is 1. The van der Waals surface area contributed by atoms with E-state index in [1.807, 2.05) is 72.7 Å². The Morgan fingerprint density at radius 3 is 2.65 bits per heavy atom. The van der Waals surface area contributed by atoms with Crippen molar-refractivity contribution in [2.75, 3.05) is 13.1 Å². The van der Waals surface area contributed by atoms with Gasteiger partial charge in [-0.3, -0.25) is 14.0 Å². The smallest absolute Gasteiger partial charge is 0.252 e. The highest BCUT2D eigenvalue weighted by atomic mass is 16.2. The molecule has 1 fully saturated rings. The molecule has 0 unspecified atom stereocenters. The number of carbonyl (C=O) groups is 2. The number of hydrogen-bond acceptors (Lipinski definition) is 4. The lowest BCUT2D eigenvalue weighted by molar-refractivity contribution is -0.135. The zero-order valence-electron chi connectivity index (χ0n) is 18.3. The molecule has 4 rings (SSSR count). The second-order valence-electron chi connectivity index (χ2n) is 8.62. The fourth-order valence-corrected chi connectivity index (χ4v) is 4.28. The number of likely N-dealkylation sites (tertiary alicyclic amines) is 1. The molecule has 1 aliphatic rings. The molecular formula is C24H29N5O2. The number of aromatic nitrogens is 3. The van der Waals surface area contributed by atoms with Crippen LogP contribution in [0.4, 0.5) is 0 Å². The third kappa shape index (κ3) is 4.31. The molecular weight excluding hydrogens is 390 g/mol. The zero-order chi connectivity index (χ0) is 22.0. The van der Waals surface area contributed by atoms with Crippen molar-refractivity contribution in [2.45, 2.75) is 45.6 Å². The number of rotatable bonds is 5. The number of piperidine rings is 1. The van der Waals surface area contributed by atoms with Crippen molar-refractivity contribution in [1.82, 2.24) is 24.8 Å². The first-order valence-electron chi connectivity index (χ1n) is 10.9. The van der Waals surface area contributed by atoms with Crippen molar-refractivity contribution in [1.29, 1.82) is 0 Å². The van der Waals surface area contributed by atoms with Gasteiger partial charge in [0, 0.05) is 30.8 Å². The lowest BCUT2D eigenvalue weighted by Gasteiger charge is -2.35. The summed E-state index contributed by atoms with van der Waals surface area (Å²) in [6.07, 6.45) is 3.82. The Labute approximate surface area is 182 Å². The van der Waals surface area contributed by atoms with Gasteiger partial charge in [-0.05, 0) is 49.4 Å². The Morgan fingerprint density at radius 2 is 1.87 bits per heavy atom. The molecule has 0 saturated carbocycles. The fourth-order valence-electron chi connectivity index (χ4n) is 4.28. The van der Waals surface area contributed by atoms with Crippen molar-refractivity contribution < 1.29 is 9.59 Å². The van der Waals surface area contributed by atoms with Crippen LogP contribution >= 0.6 is 0 Å². The predicted molar refractivity (Wildman–Crippen MR) is 119 cm³/mol. The Balaban J connectivity index is 1.51. The van der Waals surface area contributed by atoms with Gasteiger partial charge in [0.1, 0.15) is 11.9 Å². The zero-order valence-corrected chi connectivity index (χ0v) is 18.3. The number of pyridine rings is 1. The Morgan fingerprint density at radius 1 is 1.10 bits per heavy atom. The highest BCUT2D eigenvalue weighted by Gasteiger charge is 2.33. The molecule has 0 aliphatic carbocycles. The van der Waals surface area contributed by atoms with Gasteiger partial charge in [-0.2, -0.15) is 0 Å². The van der Waals surface area contributed by atoms with Crippen LogP contribution in [-0.2, 0) is 4.79 Å². The number of hydrogen-bond donors (Lipinski definition) is 1. The van der Waals surface area contributed by atoms with Crippen molar-refractivity contribution in [3.8, 4) is 0 Å². The number of benzene rings is 1. The van der Waals surface area contributed by atoms with Crippen molar-refractivity contribution in [2.24, 2.45) is 5.92 Å². The van der Waals surface area contributed by atoms with Crippen LogP contribution < -0.4 is 5.32 Å². The molecule has 2 atom stereocenters. The van der Waals surface area contributed by atoms with Gasteiger partial charge >= 0.3 is 0 Å². The molecule has 0 radical (unpaired) electrons. The molecule has 1 N–H and O–H groups in total. The van der Waals surface area contributed by atoms with E-state index < -0.39 is 6.04 Å². The van der Waals surface area contributed by atoms with Gasteiger partial charge in [-0.15, -0.1) is 10.2 Å². The van der Waals surface area contributed by atoms with E-state index in [0.29, 0.717) is 18.7 Å². The average Bonchev–Trinajstić information content (AvgIpc) is 3.21. The topological polar surface area (TPSA) is 79.6 Å². The van der Waals surface area contributed by atoms with E-state index >= 15 is 0 Å². The van der Waals surface area contributed by atoms with Crippen LogP contribution in [0, 0.1) is 12.8 Å². The van der Waals surface area contributed by atoms with Gasteiger partial charge in [0.25, 0.3) is 5.91 Å². The first kappa shape index (κ1) is 21.0. The summed E-state index contributed by atoms with van der Waals surface area (Å²) in [6, 6.07) is 12.7. The number of carbonyl (C=O) groups excluding carboxylic acids is 2. The summed E-state index contributed by atoms with van der Waals surface area (Å²) in [7, 11) is 0. The second-order valence-corrected chi connectivity index (χ2v) is 8.62. The van der Waals surface area contributed by atoms with Gasteiger partial charge in [0.15, 0.2) is 5.65 Å². The third-order valence-corrected chi connectivity index (χ3v) is 6.05. The largest absolute Gasteiger partial charge is 0.340 e. The monoisotopic (exact) mass is 419 g/mol. The second kappa shape index (κ2) is 8.88. The van der Waals surface area contributed by atoms with E-state index in [-0.39, 0.29) is 23.7 Å². The van der Waals surface area contributed by atoms with Crippen molar-refractivity contribution >= 4 is 17.5 Å². The molecule has 1 aliphatic heterocycles. The van der Waals surface area contributed by atoms with E-state index in [1.54, 1.807) is 6.07 Å². The summed E-state index contributed by atoms with van der Waals surface area (Å²) in [5.74, 6) is 0.750. The van der Waals surface area contributed by atoms with Gasteiger partial charge in [0.2, 0.25) is 5.91 Å². The minimum atomic E-state index is -0.569. The van der Waals surface area contributed by atoms with E-state index in [4.69, 9.17) is 0 Å². The molecule has 3 aromatic rings. The summed E-state index contributed by atoms with van der Waals surface area (Å²) in [5, 5.41) is 11.6. The summed E-state index contributed by atoms with van der Waals surface area (Å²) in [6.45, 7) is 7.11. The first-order chi connectivity index (χ1) is 15.0. The number of fused-ring (bicyclic) bond motifs is 1. The molecule has 162 valence electrons. The maximum atomic E-state index is 13.4. The average molecular weight is 420 g/mol. The standard InChI is InChI=1S/C24H29N5O2/c1-16(2)21(25-23(30)19-11-5-4-9-17(19)3)24(31)28-13-8-10-18(15-28)22-27-26-20-12-6-7-14-29(20)22/h4-7,9,11-12,14,16,18,21H,8,10,13,15H2,1-3H3,(H,25,30)/t18-,21-/m0/s1. The van der Waals surface area contributed by atoms with Crippen LogP contribution in [0.25, 0.3) is 5.65 Å². The maximum Gasteiger partial charge on any atom is 0.252 e. The van der Waals surface area contributed by atoms with E-state index in [0.717, 1.165) is 29.9 Å². The summed E-state index contributed by atoms with van der Waals surface area (Å²) < 4.78 is 2.00. The summed E-state index contributed by atoms with van der Waals surface area (Å²) in [4.78, 5) is 28.2. The first-order valence-corrected chi connectivity index (χ1v) is 10.9. The van der Waals surface area contributed by atoms with Gasteiger partial charge < -0.3 is 10.2 Å². The third-order valence-electron chi connectivity index (χ3n) is 6.05. The highest BCUT2D eigenvalue weighted by molar-refractivity contribution is 5.98. The quantitative estimate of drug-likeness (QED) is 0.689. The van der Waals surface area contributed by atoms with E-state index in [1.165, 1.54) is 0 Å². The number of nitrogens with zero attached hydrogens (tertiary/aromatic N) is 4. The van der Waals surface area contributed by atoms with Crippen LogP contribution in [0.5, 0.6) is 0 Å². The molecule has 7 nitrogen and oxygen atoms in total. The number of nitrogens with one attached hydrogen (secondary N) is 1. The SMILES string of the molecule is Cc1ccccc1C(=O)N[C@H](C(=O)N1CCC[C@H](c2nnc3ccccn23)C1)C(C)C. The summed E-state index contributed by atoms with van der Waals surface area (Å²) >= 11 is 0. The van der Waals surface area contributed by atoms with E-state index in [9.17, 15) is 9.59 Å². The van der Waals surface area contributed by atoms with Crippen molar-refractivity contribution in [3.63, 3.8) is 0 Å². The Kier molecular flexibility index (Phi) is 6.02. The molecule has 7 heteroatoms. The minimum absolute atomic E-state index is 0.0187. The fraction of sp³-hybridized carbons (Fsp3) is 0.417.